The normalized spacial score (nSPS) is 11.9. The molecular formula is C17H18ClNO. The average Bonchev–Trinajstić information content (AvgIpc) is 2.53. The number of aryl methyl sites for hydroxylation is 1. The first kappa shape index (κ1) is 14.6. The molecule has 1 N–H and O–H groups in total. The van der Waals surface area contributed by atoms with Crippen LogP contribution < -0.4 is 5.32 Å². The number of halogens is 1. The molecule has 0 saturated heterocycles. The Kier molecular flexibility index (Phi) is 5.19. The second-order valence-electron chi connectivity index (χ2n) is 4.64. The van der Waals surface area contributed by atoms with Crippen LogP contribution in [0.4, 0.5) is 0 Å². The standard InChI is InChI=1S/C17H18ClNO/c1-2-13-8-10-15(11-9-13)17(20)19-12-16(18)14-6-4-3-5-7-14/h3-11,16H,2,12H2,1H3,(H,19,20). The van der Waals surface area contributed by atoms with Crippen molar-refractivity contribution in [3.8, 4) is 0 Å². The third-order valence-corrected chi connectivity index (χ3v) is 3.63. The van der Waals surface area contributed by atoms with Crippen LogP contribution in [0.5, 0.6) is 0 Å². The molecule has 0 bridgehead atoms. The van der Waals surface area contributed by atoms with Gasteiger partial charge >= 0.3 is 0 Å². The summed E-state index contributed by atoms with van der Waals surface area (Å²) in [6.07, 6.45) is 0.972. The molecule has 2 rings (SSSR count). The summed E-state index contributed by atoms with van der Waals surface area (Å²) >= 11 is 6.27. The first-order chi connectivity index (χ1) is 9.70. The molecule has 0 aromatic heterocycles. The lowest BCUT2D eigenvalue weighted by molar-refractivity contribution is 0.0953. The Morgan fingerprint density at radius 1 is 1.10 bits per heavy atom. The number of benzene rings is 2. The molecule has 104 valence electrons. The Labute approximate surface area is 124 Å². The fourth-order valence-corrected chi connectivity index (χ4v) is 2.18. The molecule has 0 aliphatic rings. The van der Waals surface area contributed by atoms with E-state index in [1.54, 1.807) is 0 Å². The summed E-state index contributed by atoms with van der Waals surface area (Å²) in [4.78, 5) is 12.0. The third kappa shape index (κ3) is 3.84. The quantitative estimate of drug-likeness (QED) is 0.829. The molecule has 1 atom stereocenters. The maximum absolute atomic E-state index is 12.0. The smallest absolute Gasteiger partial charge is 0.251 e. The van der Waals surface area contributed by atoms with Crippen LogP contribution in [-0.4, -0.2) is 12.5 Å². The molecule has 0 heterocycles. The minimum absolute atomic E-state index is 0.0887. The lowest BCUT2D eigenvalue weighted by Crippen LogP contribution is -2.26. The number of carbonyl (C=O) groups excluding carboxylic acids is 1. The first-order valence-corrected chi connectivity index (χ1v) is 7.20. The molecule has 0 aliphatic carbocycles. The first-order valence-electron chi connectivity index (χ1n) is 6.77. The zero-order valence-corrected chi connectivity index (χ0v) is 12.2. The number of nitrogens with one attached hydrogen (secondary N) is 1. The van der Waals surface area contributed by atoms with Crippen molar-refractivity contribution in [2.75, 3.05) is 6.54 Å². The van der Waals surface area contributed by atoms with E-state index in [-0.39, 0.29) is 11.3 Å². The van der Waals surface area contributed by atoms with Crippen LogP contribution in [-0.2, 0) is 6.42 Å². The van der Waals surface area contributed by atoms with Gasteiger partial charge in [-0.05, 0) is 29.7 Å². The Balaban J connectivity index is 1.91. The van der Waals surface area contributed by atoms with E-state index in [9.17, 15) is 4.79 Å². The summed E-state index contributed by atoms with van der Waals surface area (Å²) < 4.78 is 0. The van der Waals surface area contributed by atoms with Crippen LogP contribution in [0, 0.1) is 0 Å². The van der Waals surface area contributed by atoms with E-state index in [0.717, 1.165) is 12.0 Å². The Morgan fingerprint density at radius 2 is 1.75 bits per heavy atom. The van der Waals surface area contributed by atoms with Gasteiger partial charge in [-0.2, -0.15) is 0 Å². The third-order valence-electron chi connectivity index (χ3n) is 3.23. The molecule has 3 heteroatoms. The monoisotopic (exact) mass is 287 g/mol. The molecule has 2 aromatic carbocycles. The fraction of sp³-hybridized carbons (Fsp3) is 0.235. The highest BCUT2D eigenvalue weighted by Gasteiger charge is 2.10. The molecular weight excluding hydrogens is 270 g/mol. The zero-order valence-electron chi connectivity index (χ0n) is 11.5. The Hall–Kier alpha value is -1.80. The van der Waals surface area contributed by atoms with Gasteiger partial charge in [0.05, 0.1) is 5.38 Å². The predicted octanol–water partition coefficient (Wildman–Crippen LogP) is 3.96. The van der Waals surface area contributed by atoms with E-state index in [2.05, 4.69) is 12.2 Å². The fourth-order valence-electron chi connectivity index (χ4n) is 1.96. The van der Waals surface area contributed by atoms with Crippen molar-refractivity contribution >= 4 is 17.5 Å². The van der Waals surface area contributed by atoms with Crippen molar-refractivity contribution in [2.24, 2.45) is 0 Å². The van der Waals surface area contributed by atoms with E-state index in [4.69, 9.17) is 11.6 Å². The molecule has 2 aromatic rings. The van der Waals surface area contributed by atoms with Crippen molar-refractivity contribution in [1.29, 1.82) is 0 Å². The van der Waals surface area contributed by atoms with Crippen LogP contribution >= 0.6 is 11.6 Å². The molecule has 0 saturated carbocycles. The van der Waals surface area contributed by atoms with Crippen molar-refractivity contribution in [2.45, 2.75) is 18.7 Å². The lowest BCUT2D eigenvalue weighted by atomic mass is 10.1. The van der Waals surface area contributed by atoms with E-state index in [0.29, 0.717) is 12.1 Å². The summed E-state index contributed by atoms with van der Waals surface area (Å²) in [5.41, 5.74) is 2.90. The van der Waals surface area contributed by atoms with Crippen LogP contribution in [0.25, 0.3) is 0 Å². The van der Waals surface area contributed by atoms with E-state index in [1.165, 1.54) is 5.56 Å². The number of alkyl halides is 1. The van der Waals surface area contributed by atoms with Crippen molar-refractivity contribution < 1.29 is 4.79 Å². The molecule has 20 heavy (non-hydrogen) atoms. The van der Waals surface area contributed by atoms with Gasteiger partial charge in [-0.25, -0.2) is 0 Å². The van der Waals surface area contributed by atoms with Crippen LogP contribution in [0.15, 0.2) is 54.6 Å². The molecule has 1 unspecified atom stereocenters. The molecule has 0 aliphatic heterocycles. The zero-order chi connectivity index (χ0) is 14.4. The maximum Gasteiger partial charge on any atom is 0.251 e. The van der Waals surface area contributed by atoms with Gasteiger partial charge in [-0.15, -0.1) is 11.6 Å². The van der Waals surface area contributed by atoms with Gasteiger partial charge < -0.3 is 5.32 Å². The highest BCUT2D eigenvalue weighted by Crippen LogP contribution is 2.18. The van der Waals surface area contributed by atoms with Gasteiger partial charge in [-0.3, -0.25) is 4.79 Å². The van der Waals surface area contributed by atoms with Crippen molar-refractivity contribution in [3.63, 3.8) is 0 Å². The van der Waals surface area contributed by atoms with Crippen LogP contribution in [0.1, 0.15) is 33.8 Å². The second-order valence-corrected chi connectivity index (χ2v) is 5.17. The number of hydrogen-bond donors (Lipinski definition) is 1. The van der Waals surface area contributed by atoms with E-state index in [1.807, 2.05) is 54.6 Å². The number of amides is 1. The van der Waals surface area contributed by atoms with Gasteiger partial charge in [0, 0.05) is 12.1 Å². The number of rotatable bonds is 5. The minimum Gasteiger partial charge on any atom is -0.350 e. The second kappa shape index (κ2) is 7.11. The van der Waals surface area contributed by atoms with E-state index >= 15 is 0 Å². The highest BCUT2D eigenvalue weighted by atomic mass is 35.5. The van der Waals surface area contributed by atoms with Gasteiger partial charge in [0.1, 0.15) is 0 Å². The summed E-state index contributed by atoms with van der Waals surface area (Å²) in [6.45, 7) is 2.51. The molecule has 0 spiro atoms. The van der Waals surface area contributed by atoms with Gasteiger partial charge in [-0.1, -0.05) is 49.4 Å². The Morgan fingerprint density at radius 3 is 2.35 bits per heavy atom. The van der Waals surface area contributed by atoms with Gasteiger partial charge in [0.25, 0.3) is 5.91 Å². The average molecular weight is 288 g/mol. The van der Waals surface area contributed by atoms with Gasteiger partial charge in [0.15, 0.2) is 0 Å². The van der Waals surface area contributed by atoms with Crippen LogP contribution in [0.2, 0.25) is 0 Å². The Bertz CT molecular complexity index is 551. The topological polar surface area (TPSA) is 29.1 Å². The SMILES string of the molecule is CCc1ccc(C(=O)NCC(Cl)c2ccccc2)cc1. The minimum atomic E-state index is -0.213. The molecule has 0 radical (unpaired) electrons. The largest absolute Gasteiger partial charge is 0.350 e. The molecule has 2 nitrogen and oxygen atoms in total. The highest BCUT2D eigenvalue weighted by molar-refractivity contribution is 6.21. The van der Waals surface area contributed by atoms with Gasteiger partial charge in [0.2, 0.25) is 0 Å². The summed E-state index contributed by atoms with van der Waals surface area (Å²) in [5, 5.41) is 2.65. The number of carbonyl (C=O) groups is 1. The summed E-state index contributed by atoms with van der Waals surface area (Å²) in [7, 11) is 0. The van der Waals surface area contributed by atoms with Crippen molar-refractivity contribution in [3.05, 3.63) is 71.3 Å². The maximum atomic E-state index is 12.0. The summed E-state index contributed by atoms with van der Waals surface area (Å²) in [5.74, 6) is -0.0887. The van der Waals surface area contributed by atoms with Crippen molar-refractivity contribution in [1.82, 2.24) is 5.32 Å². The number of hydrogen-bond acceptors (Lipinski definition) is 1. The summed E-state index contributed by atoms with van der Waals surface area (Å²) in [6, 6.07) is 17.4. The van der Waals surface area contributed by atoms with E-state index < -0.39 is 0 Å². The predicted molar refractivity (Wildman–Crippen MR) is 83.2 cm³/mol. The van der Waals surface area contributed by atoms with Crippen LogP contribution in [0.3, 0.4) is 0 Å². The molecule has 0 fully saturated rings. The molecule has 1 amide bonds. The lowest BCUT2D eigenvalue weighted by Gasteiger charge is -2.11.